The summed E-state index contributed by atoms with van der Waals surface area (Å²) < 4.78 is 13.8. The van der Waals surface area contributed by atoms with Crippen molar-refractivity contribution >= 4 is 39.0 Å². The number of nitrogen functional groups attached to an aromatic ring is 1. The Morgan fingerprint density at radius 2 is 2.19 bits per heavy atom. The van der Waals surface area contributed by atoms with Crippen molar-refractivity contribution in [2.45, 2.75) is 0 Å². The molecule has 0 saturated heterocycles. The van der Waals surface area contributed by atoms with E-state index >= 15 is 0 Å². The zero-order chi connectivity index (χ0) is 15.6. The van der Waals surface area contributed by atoms with E-state index in [0.717, 1.165) is 6.07 Å². The van der Waals surface area contributed by atoms with Gasteiger partial charge in [0, 0.05) is 6.20 Å². The van der Waals surface area contributed by atoms with Crippen LogP contribution in [0.3, 0.4) is 0 Å². The quantitative estimate of drug-likeness (QED) is 0.500. The first-order chi connectivity index (χ1) is 9.90. The van der Waals surface area contributed by atoms with Crippen molar-refractivity contribution in [1.82, 2.24) is 4.98 Å². The molecular weight excluding hydrogens is 347 g/mol. The van der Waals surface area contributed by atoms with Crippen molar-refractivity contribution < 1.29 is 14.1 Å². The molecule has 2 rings (SSSR count). The largest absolute Gasteiger partial charge is 0.396 e. The monoisotopic (exact) mass is 354 g/mol. The minimum absolute atomic E-state index is 0.180. The number of nitrogens with two attached hydrogens (primary N) is 1. The van der Waals surface area contributed by atoms with Gasteiger partial charge in [0.2, 0.25) is 0 Å². The van der Waals surface area contributed by atoms with Crippen molar-refractivity contribution in [3.63, 3.8) is 0 Å². The van der Waals surface area contributed by atoms with E-state index in [1.165, 1.54) is 6.20 Å². The van der Waals surface area contributed by atoms with Gasteiger partial charge in [0.25, 0.3) is 11.6 Å². The number of nitro groups is 1. The first-order valence-corrected chi connectivity index (χ1v) is 6.34. The van der Waals surface area contributed by atoms with E-state index in [1.54, 1.807) is 12.1 Å². The van der Waals surface area contributed by atoms with Crippen molar-refractivity contribution in [2.75, 3.05) is 11.1 Å². The van der Waals surface area contributed by atoms with Gasteiger partial charge in [-0.25, -0.2) is 9.37 Å². The molecule has 0 unspecified atom stereocenters. The molecular formula is C12H8BrFN4O3. The fourth-order valence-corrected chi connectivity index (χ4v) is 1.92. The molecule has 7 nitrogen and oxygen atoms in total. The molecule has 0 aliphatic carbocycles. The fourth-order valence-electron chi connectivity index (χ4n) is 1.56. The lowest BCUT2D eigenvalue weighted by molar-refractivity contribution is -0.385. The lowest BCUT2D eigenvalue weighted by Gasteiger charge is -2.07. The Kier molecular flexibility index (Phi) is 4.13. The smallest absolute Gasteiger partial charge is 0.285 e. The summed E-state index contributed by atoms with van der Waals surface area (Å²) in [5.41, 5.74) is 3.97. The van der Waals surface area contributed by atoms with Crippen molar-refractivity contribution in [2.24, 2.45) is 0 Å². The topological polar surface area (TPSA) is 111 Å². The number of hydrogen-bond acceptors (Lipinski definition) is 5. The van der Waals surface area contributed by atoms with Gasteiger partial charge >= 0.3 is 0 Å². The van der Waals surface area contributed by atoms with Gasteiger partial charge in [-0.1, -0.05) is 0 Å². The second-order valence-electron chi connectivity index (χ2n) is 3.94. The van der Waals surface area contributed by atoms with Crippen LogP contribution in [0.4, 0.5) is 21.6 Å². The molecule has 0 spiro atoms. The number of pyridine rings is 1. The van der Waals surface area contributed by atoms with Crippen LogP contribution in [0.15, 0.2) is 34.9 Å². The zero-order valence-corrected chi connectivity index (χ0v) is 11.9. The van der Waals surface area contributed by atoms with Gasteiger partial charge in [-0.2, -0.15) is 0 Å². The minimum Gasteiger partial charge on any atom is -0.396 e. The van der Waals surface area contributed by atoms with Crippen LogP contribution in [0.25, 0.3) is 0 Å². The number of halogens is 2. The number of carbonyl (C=O) groups excluding carboxylic acids is 1. The van der Waals surface area contributed by atoms with E-state index in [4.69, 9.17) is 5.73 Å². The number of anilines is 2. The summed E-state index contributed by atoms with van der Waals surface area (Å²) in [6.45, 7) is 0. The summed E-state index contributed by atoms with van der Waals surface area (Å²) in [5, 5.41) is 13.3. The normalized spacial score (nSPS) is 10.2. The Bertz CT molecular complexity index is 738. The first-order valence-electron chi connectivity index (χ1n) is 5.55. The van der Waals surface area contributed by atoms with E-state index in [-0.39, 0.29) is 17.1 Å². The maximum Gasteiger partial charge on any atom is 0.285 e. The Labute approximate surface area is 126 Å². The maximum atomic E-state index is 13.3. The third kappa shape index (κ3) is 3.14. The second-order valence-corrected chi connectivity index (χ2v) is 4.79. The molecule has 1 aromatic heterocycles. The molecule has 0 radical (unpaired) electrons. The summed E-state index contributed by atoms with van der Waals surface area (Å²) in [5.74, 6) is -1.59. The van der Waals surface area contributed by atoms with Crippen LogP contribution >= 0.6 is 15.9 Å². The van der Waals surface area contributed by atoms with Gasteiger partial charge < -0.3 is 11.1 Å². The third-order valence-electron chi connectivity index (χ3n) is 2.55. The molecule has 21 heavy (non-hydrogen) atoms. The molecule has 1 aromatic carbocycles. The van der Waals surface area contributed by atoms with Gasteiger partial charge in [-0.15, -0.1) is 0 Å². The van der Waals surface area contributed by atoms with Gasteiger partial charge in [-0.05, 0) is 34.1 Å². The Balaban J connectivity index is 2.42. The number of nitro benzene ring substituents is 1. The van der Waals surface area contributed by atoms with Crippen LogP contribution in [0.5, 0.6) is 0 Å². The van der Waals surface area contributed by atoms with Crippen molar-refractivity contribution in [1.29, 1.82) is 0 Å². The number of carbonyl (C=O) groups is 1. The average Bonchev–Trinajstić information content (AvgIpc) is 2.43. The molecule has 0 atom stereocenters. The molecule has 0 aliphatic rings. The maximum absolute atomic E-state index is 13.3. The van der Waals surface area contributed by atoms with E-state index in [9.17, 15) is 19.3 Å². The van der Waals surface area contributed by atoms with E-state index < -0.39 is 22.3 Å². The first kappa shape index (κ1) is 14.9. The average molecular weight is 355 g/mol. The molecule has 0 bridgehead atoms. The van der Waals surface area contributed by atoms with Gasteiger partial charge in [-0.3, -0.25) is 14.9 Å². The number of nitrogens with zero attached hydrogens (tertiary/aromatic N) is 2. The standard InChI is InChI=1S/C12H8BrFN4O3/c13-7-2-1-3-16-11(7)17-12(19)6-4-9(15)8(14)5-10(6)18(20)21/h1-5H,15H2,(H,16,17,19). The Hall–Kier alpha value is -2.55. The van der Waals surface area contributed by atoms with Crippen LogP contribution in [0, 0.1) is 15.9 Å². The summed E-state index contributed by atoms with van der Waals surface area (Å²) in [7, 11) is 0. The second kappa shape index (κ2) is 5.83. The molecule has 2 aromatic rings. The fraction of sp³-hybridized carbons (Fsp3) is 0. The van der Waals surface area contributed by atoms with Gasteiger partial charge in [0.15, 0.2) is 5.82 Å². The van der Waals surface area contributed by atoms with Crippen LogP contribution in [-0.2, 0) is 0 Å². The highest BCUT2D eigenvalue weighted by Crippen LogP contribution is 2.26. The SMILES string of the molecule is Nc1cc(C(=O)Nc2ncccc2Br)c([N+](=O)[O-])cc1F. The highest BCUT2D eigenvalue weighted by Gasteiger charge is 2.23. The molecule has 9 heteroatoms. The number of aromatic nitrogens is 1. The summed E-state index contributed by atoms with van der Waals surface area (Å²) in [4.78, 5) is 26.1. The van der Waals surface area contributed by atoms with Crippen molar-refractivity contribution in [3.8, 4) is 0 Å². The number of amides is 1. The summed E-state index contributed by atoms with van der Waals surface area (Å²) >= 11 is 3.18. The van der Waals surface area contributed by atoms with Crippen LogP contribution in [0.1, 0.15) is 10.4 Å². The highest BCUT2D eigenvalue weighted by molar-refractivity contribution is 9.10. The molecule has 3 N–H and O–H groups in total. The summed E-state index contributed by atoms with van der Waals surface area (Å²) in [6.07, 6.45) is 1.44. The number of hydrogen-bond donors (Lipinski definition) is 2. The molecule has 0 aliphatic heterocycles. The van der Waals surface area contributed by atoms with Crippen molar-refractivity contribution in [3.05, 3.63) is 56.4 Å². The lowest BCUT2D eigenvalue weighted by Crippen LogP contribution is -2.16. The molecule has 0 fully saturated rings. The number of nitrogens with one attached hydrogen (secondary N) is 1. The van der Waals surface area contributed by atoms with Gasteiger partial charge in [0.1, 0.15) is 11.4 Å². The van der Waals surface area contributed by atoms with Gasteiger partial charge in [0.05, 0.1) is 21.1 Å². The predicted octanol–water partition coefficient (Wildman–Crippen LogP) is 2.73. The predicted molar refractivity (Wildman–Crippen MR) is 77.4 cm³/mol. The summed E-state index contributed by atoms with van der Waals surface area (Å²) in [6, 6.07) is 4.80. The van der Waals surface area contributed by atoms with Crippen LogP contribution in [0.2, 0.25) is 0 Å². The number of rotatable bonds is 3. The van der Waals surface area contributed by atoms with E-state index in [0.29, 0.717) is 10.5 Å². The molecule has 1 heterocycles. The van der Waals surface area contributed by atoms with E-state index in [2.05, 4.69) is 26.2 Å². The Morgan fingerprint density at radius 1 is 1.48 bits per heavy atom. The zero-order valence-electron chi connectivity index (χ0n) is 10.3. The van der Waals surface area contributed by atoms with E-state index in [1.807, 2.05) is 0 Å². The highest BCUT2D eigenvalue weighted by atomic mass is 79.9. The molecule has 108 valence electrons. The number of benzene rings is 1. The minimum atomic E-state index is -0.961. The van der Waals surface area contributed by atoms with Crippen LogP contribution < -0.4 is 11.1 Å². The lowest BCUT2D eigenvalue weighted by atomic mass is 10.1. The Morgan fingerprint density at radius 3 is 2.81 bits per heavy atom. The molecule has 1 amide bonds. The molecule has 0 saturated carbocycles. The third-order valence-corrected chi connectivity index (χ3v) is 3.19. The van der Waals surface area contributed by atoms with Crippen LogP contribution in [-0.4, -0.2) is 15.8 Å².